The molecule has 6 heteroatoms. The summed E-state index contributed by atoms with van der Waals surface area (Å²) >= 11 is 0. The van der Waals surface area contributed by atoms with Crippen molar-refractivity contribution in [2.24, 2.45) is 5.92 Å². The predicted octanol–water partition coefficient (Wildman–Crippen LogP) is 1.92. The minimum atomic E-state index is -3.02. The molecular formula is C15H21NO4S. The maximum Gasteiger partial charge on any atom is 0.308 e. The normalized spacial score (nSPS) is 19.5. The van der Waals surface area contributed by atoms with Crippen LogP contribution in [0.4, 0.5) is 5.69 Å². The Morgan fingerprint density at radius 3 is 2.57 bits per heavy atom. The lowest BCUT2D eigenvalue weighted by atomic mass is 9.98. The van der Waals surface area contributed by atoms with Crippen molar-refractivity contribution in [3.63, 3.8) is 0 Å². The van der Waals surface area contributed by atoms with Gasteiger partial charge >= 0.3 is 5.97 Å². The second kappa shape index (κ2) is 6.47. The van der Waals surface area contributed by atoms with Crippen molar-refractivity contribution in [1.82, 2.24) is 0 Å². The minimum Gasteiger partial charge on any atom is -0.481 e. The Morgan fingerprint density at radius 2 is 2.00 bits per heavy atom. The molecule has 1 atom stereocenters. The molecule has 1 N–H and O–H groups in total. The molecule has 1 unspecified atom stereocenters. The molecule has 1 aliphatic heterocycles. The first-order valence-electron chi connectivity index (χ1n) is 7.18. The van der Waals surface area contributed by atoms with Crippen molar-refractivity contribution < 1.29 is 18.3 Å². The summed E-state index contributed by atoms with van der Waals surface area (Å²) in [7, 11) is -3.02. The molecule has 0 aliphatic carbocycles. The fourth-order valence-electron chi connectivity index (χ4n) is 2.57. The molecule has 1 aromatic rings. The van der Waals surface area contributed by atoms with Crippen molar-refractivity contribution in [3.8, 4) is 0 Å². The molecule has 0 radical (unpaired) electrons. The van der Waals surface area contributed by atoms with E-state index in [1.807, 2.05) is 24.3 Å². The first-order chi connectivity index (χ1) is 9.91. The van der Waals surface area contributed by atoms with Gasteiger partial charge < -0.3 is 10.0 Å². The zero-order valence-corrected chi connectivity index (χ0v) is 13.0. The zero-order valence-electron chi connectivity index (χ0n) is 12.2. The molecular weight excluding hydrogens is 290 g/mol. The number of hydrogen-bond donors (Lipinski definition) is 1. The number of benzene rings is 1. The van der Waals surface area contributed by atoms with Gasteiger partial charge in [0.15, 0.2) is 9.84 Å². The van der Waals surface area contributed by atoms with Gasteiger partial charge in [0.1, 0.15) is 0 Å². The third-order valence-corrected chi connectivity index (χ3v) is 5.55. The molecule has 2 rings (SSSR count). The average molecular weight is 311 g/mol. The topological polar surface area (TPSA) is 74.7 Å². The highest BCUT2D eigenvalue weighted by Crippen LogP contribution is 2.24. The van der Waals surface area contributed by atoms with Gasteiger partial charge in [0.25, 0.3) is 0 Å². The zero-order chi connectivity index (χ0) is 15.5. The van der Waals surface area contributed by atoms with Crippen LogP contribution >= 0.6 is 0 Å². The van der Waals surface area contributed by atoms with Gasteiger partial charge in [0, 0.05) is 24.5 Å². The van der Waals surface area contributed by atoms with E-state index < -0.39 is 15.8 Å². The Balaban J connectivity index is 2.06. The first kappa shape index (κ1) is 15.8. The molecule has 1 fully saturated rings. The van der Waals surface area contributed by atoms with Crippen molar-refractivity contribution in [1.29, 1.82) is 0 Å². The Bertz CT molecular complexity index is 595. The summed E-state index contributed by atoms with van der Waals surface area (Å²) < 4.78 is 23.2. The molecule has 0 spiro atoms. The van der Waals surface area contributed by atoms with Gasteiger partial charge in [-0.3, -0.25) is 4.79 Å². The molecule has 0 amide bonds. The van der Waals surface area contributed by atoms with E-state index in [9.17, 15) is 13.2 Å². The van der Waals surface area contributed by atoms with Crippen molar-refractivity contribution in [3.05, 3.63) is 29.8 Å². The largest absolute Gasteiger partial charge is 0.481 e. The quantitative estimate of drug-likeness (QED) is 0.899. The Hall–Kier alpha value is -1.56. The molecule has 0 saturated carbocycles. The van der Waals surface area contributed by atoms with Crippen LogP contribution in [0, 0.1) is 5.92 Å². The van der Waals surface area contributed by atoms with Gasteiger partial charge in [-0.15, -0.1) is 0 Å². The number of carbonyl (C=O) groups is 1. The molecule has 1 heterocycles. The summed E-state index contributed by atoms with van der Waals surface area (Å²) in [4.78, 5) is 13.1. The number of carboxylic acids is 1. The van der Waals surface area contributed by atoms with E-state index in [-0.39, 0.29) is 17.4 Å². The Morgan fingerprint density at radius 1 is 1.33 bits per heavy atom. The lowest BCUT2D eigenvalue weighted by Gasteiger charge is -2.32. The van der Waals surface area contributed by atoms with Crippen LogP contribution in [0.1, 0.15) is 25.3 Å². The number of piperidine rings is 1. The van der Waals surface area contributed by atoms with Crippen LogP contribution in [0.25, 0.3) is 0 Å². The summed E-state index contributed by atoms with van der Waals surface area (Å²) in [6, 6.07) is 7.38. The molecule has 0 aromatic heterocycles. The standard InChI is InChI=1S/C15H21NO4S/c1-2-21(19,20)11-12-5-7-14(8-6-12)16-9-3-4-13(10-16)15(17)18/h5-8,13H,2-4,9-11H2,1H3,(H,17,18). The van der Waals surface area contributed by atoms with Gasteiger partial charge in [-0.1, -0.05) is 19.1 Å². The van der Waals surface area contributed by atoms with Gasteiger partial charge in [-0.2, -0.15) is 0 Å². The van der Waals surface area contributed by atoms with E-state index in [0.29, 0.717) is 6.54 Å². The molecule has 1 aromatic carbocycles. The van der Waals surface area contributed by atoms with Crippen LogP contribution in [-0.2, 0) is 20.4 Å². The fourth-order valence-corrected chi connectivity index (χ4v) is 3.48. The number of sulfone groups is 1. The Kier molecular flexibility index (Phi) is 4.88. The van der Waals surface area contributed by atoms with Crippen LogP contribution in [-0.4, -0.2) is 38.3 Å². The molecule has 1 saturated heterocycles. The second-order valence-corrected chi connectivity index (χ2v) is 7.82. The highest BCUT2D eigenvalue weighted by atomic mass is 32.2. The minimum absolute atomic E-state index is 0.0571. The SMILES string of the molecule is CCS(=O)(=O)Cc1ccc(N2CCCC(C(=O)O)C2)cc1. The van der Waals surface area contributed by atoms with Crippen molar-refractivity contribution >= 4 is 21.5 Å². The lowest BCUT2D eigenvalue weighted by Crippen LogP contribution is -2.38. The Labute approximate surface area is 125 Å². The maximum atomic E-state index is 11.6. The van der Waals surface area contributed by atoms with E-state index in [4.69, 9.17) is 5.11 Å². The van der Waals surface area contributed by atoms with Crippen LogP contribution in [0.15, 0.2) is 24.3 Å². The van der Waals surface area contributed by atoms with Gasteiger partial charge in [-0.05, 0) is 30.5 Å². The maximum absolute atomic E-state index is 11.6. The summed E-state index contributed by atoms with van der Waals surface area (Å²) in [6.45, 7) is 3.00. The van der Waals surface area contributed by atoms with E-state index in [2.05, 4.69) is 4.90 Å². The summed E-state index contributed by atoms with van der Waals surface area (Å²) in [6.07, 6.45) is 1.58. The van der Waals surface area contributed by atoms with Gasteiger partial charge in [0.2, 0.25) is 0 Å². The number of nitrogens with zero attached hydrogens (tertiary/aromatic N) is 1. The van der Waals surface area contributed by atoms with E-state index >= 15 is 0 Å². The molecule has 0 bridgehead atoms. The number of anilines is 1. The first-order valence-corrected chi connectivity index (χ1v) is 9.00. The second-order valence-electron chi connectivity index (χ2n) is 5.47. The average Bonchev–Trinajstić information content (AvgIpc) is 2.48. The van der Waals surface area contributed by atoms with E-state index in [0.717, 1.165) is 30.6 Å². The highest BCUT2D eigenvalue weighted by Gasteiger charge is 2.25. The number of carboxylic acid groups (broad SMARTS) is 1. The number of hydrogen-bond acceptors (Lipinski definition) is 4. The predicted molar refractivity (Wildman–Crippen MR) is 82.2 cm³/mol. The van der Waals surface area contributed by atoms with Crippen molar-refractivity contribution in [2.45, 2.75) is 25.5 Å². The smallest absolute Gasteiger partial charge is 0.308 e. The third kappa shape index (κ3) is 4.20. The van der Waals surface area contributed by atoms with E-state index in [1.165, 1.54) is 0 Å². The summed E-state index contributed by atoms with van der Waals surface area (Å²) in [5.41, 5.74) is 1.73. The van der Waals surface area contributed by atoms with Gasteiger partial charge in [-0.25, -0.2) is 8.42 Å². The fraction of sp³-hybridized carbons (Fsp3) is 0.533. The highest BCUT2D eigenvalue weighted by molar-refractivity contribution is 7.90. The number of rotatable bonds is 5. The lowest BCUT2D eigenvalue weighted by molar-refractivity contribution is -0.141. The monoisotopic (exact) mass is 311 g/mol. The van der Waals surface area contributed by atoms with Crippen LogP contribution in [0.2, 0.25) is 0 Å². The number of aliphatic carboxylic acids is 1. The van der Waals surface area contributed by atoms with Crippen LogP contribution in [0.5, 0.6) is 0 Å². The molecule has 1 aliphatic rings. The molecule has 116 valence electrons. The molecule has 5 nitrogen and oxygen atoms in total. The summed E-state index contributed by atoms with van der Waals surface area (Å²) in [5, 5.41) is 9.11. The van der Waals surface area contributed by atoms with Crippen molar-refractivity contribution in [2.75, 3.05) is 23.7 Å². The van der Waals surface area contributed by atoms with E-state index in [1.54, 1.807) is 6.92 Å². The van der Waals surface area contributed by atoms with Gasteiger partial charge in [0.05, 0.1) is 11.7 Å². The van der Waals surface area contributed by atoms with Crippen LogP contribution < -0.4 is 4.90 Å². The molecule has 21 heavy (non-hydrogen) atoms. The summed E-state index contributed by atoms with van der Waals surface area (Å²) in [5.74, 6) is -0.868. The van der Waals surface area contributed by atoms with Crippen LogP contribution in [0.3, 0.4) is 0 Å². The third-order valence-electron chi connectivity index (χ3n) is 3.90.